The van der Waals surface area contributed by atoms with Gasteiger partial charge in [0.15, 0.2) is 5.69 Å². The first-order valence-corrected chi connectivity index (χ1v) is 9.26. The zero-order chi connectivity index (χ0) is 19.1. The lowest BCUT2D eigenvalue weighted by molar-refractivity contribution is -0.141. The van der Waals surface area contributed by atoms with Gasteiger partial charge in [-0.05, 0) is 12.8 Å². The van der Waals surface area contributed by atoms with Gasteiger partial charge in [-0.1, -0.05) is 0 Å². The van der Waals surface area contributed by atoms with Gasteiger partial charge in [-0.3, -0.25) is 9.69 Å². The van der Waals surface area contributed by atoms with Crippen molar-refractivity contribution in [3.8, 4) is 0 Å². The maximum absolute atomic E-state index is 13.5. The van der Waals surface area contributed by atoms with E-state index >= 15 is 0 Å². The molecule has 0 unspecified atom stereocenters. The Bertz CT molecular complexity index is 707. The number of morpholine rings is 2. The van der Waals surface area contributed by atoms with Crippen molar-refractivity contribution in [2.45, 2.75) is 37.5 Å². The first-order valence-electron chi connectivity index (χ1n) is 9.26. The second-order valence-electron chi connectivity index (χ2n) is 7.33. The van der Waals surface area contributed by atoms with E-state index in [2.05, 4.69) is 15.2 Å². The van der Waals surface area contributed by atoms with Crippen LogP contribution in [0.1, 0.15) is 34.8 Å². The van der Waals surface area contributed by atoms with Crippen LogP contribution in [-0.4, -0.2) is 72.0 Å². The standard InChI is InChI=1S/C17H23F3N4O3/c18-17(19,20)14-13(24-4-2-1-3-12(24)22-14)15(25)21-9-16-10-26-7-5-23(16)6-8-27-11-16/h1-11H2,(H,21,25). The van der Waals surface area contributed by atoms with E-state index in [1.165, 1.54) is 4.57 Å². The van der Waals surface area contributed by atoms with E-state index < -0.39 is 23.3 Å². The second kappa shape index (κ2) is 7.06. The van der Waals surface area contributed by atoms with Crippen molar-refractivity contribution in [2.75, 3.05) is 46.1 Å². The summed E-state index contributed by atoms with van der Waals surface area (Å²) in [5.41, 5.74) is -2.00. The average Bonchev–Trinajstić information content (AvgIpc) is 3.06. The average molecular weight is 388 g/mol. The van der Waals surface area contributed by atoms with Crippen LogP contribution in [0.4, 0.5) is 13.2 Å². The molecular weight excluding hydrogens is 365 g/mol. The van der Waals surface area contributed by atoms with Gasteiger partial charge in [0, 0.05) is 32.6 Å². The maximum Gasteiger partial charge on any atom is 0.435 e. The molecule has 1 N–H and O–H groups in total. The summed E-state index contributed by atoms with van der Waals surface area (Å²) in [6.45, 7) is 3.94. The van der Waals surface area contributed by atoms with Crippen LogP contribution in [0.3, 0.4) is 0 Å². The van der Waals surface area contributed by atoms with Crippen molar-refractivity contribution in [3.05, 3.63) is 17.2 Å². The monoisotopic (exact) mass is 388 g/mol. The molecule has 150 valence electrons. The number of halogens is 3. The number of aryl methyl sites for hydroxylation is 1. The smallest absolute Gasteiger partial charge is 0.378 e. The Kier molecular flexibility index (Phi) is 4.89. The fourth-order valence-corrected chi connectivity index (χ4v) is 4.14. The van der Waals surface area contributed by atoms with Crippen LogP contribution in [-0.2, 0) is 28.6 Å². The van der Waals surface area contributed by atoms with Crippen molar-refractivity contribution in [1.29, 1.82) is 0 Å². The van der Waals surface area contributed by atoms with Crippen LogP contribution < -0.4 is 5.32 Å². The number of nitrogens with one attached hydrogen (secondary N) is 1. The molecular formula is C17H23F3N4O3. The number of carbonyl (C=O) groups is 1. The van der Waals surface area contributed by atoms with Gasteiger partial charge < -0.3 is 19.4 Å². The van der Waals surface area contributed by atoms with Gasteiger partial charge >= 0.3 is 6.18 Å². The summed E-state index contributed by atoms with van der Waals surface area (Å²) in [6.07, 6.45) is -2.69. The number of carbonyl (C=O) groups excluding carboxylic acids is 1. The SMILES string of the molecule is O=C(NCC12COCCN1CCOC2)c1c(C(F)(F)F)nc2n1CCCC2. The lowest BCUT2D eigenvalue weighted by atomic mass is 9.96. The Labute approximate surface area is 154 Å². The zero-order valence-corrected chi connectivity index (χ0v) is 15.0. The van der Waals surface area contributed by atoms with E-state index in [0.717, 1.165) is 25.9 Å². The van der Waals surface area contributed by atoms with Gasteiger partial charge in [-0.25, -0.2) is 4.98 Å². The molecule has 2 fully saturated rings. The fraction of sp³-hybridized carbons (Fsp3) is 0.765. The molecule has 0 bridgehead atoms. The first kappa shape index (κ1) is 18.7. The van der Waals surface area contributed by atoms with Gasteiger partial charge in [0.1, 0.15) is 11.5 Å². The van der Waals surface area contributed by atoms with Crippen LogP contribution >= 0.6 is 0 Å². The lowest BCUT2D eigenvalue weighted by Gasteiger charge is -2.49. The minimum absolute atomic E-state index is 0.170. The molecule has 1 aromatic rings. The molecule has 3 aliphatic heterocycles. The minimum atomic E-state index is -4.66. The third-order valence-electron chi connectivity index (χ3n) is 5.56. The van der Waals surface area contributed by atoms with E-state index in [1.807, 2.05) is 0 Å². The molecule has 3 aliphatic rings. The van der Waals surface area contributed by atoms with E-state index in [-0.39, 0.29) is 12.2 Å². The highest BCUT2D eigenvalue weighted by atomic mass is 19.4. The molecule has 0 aliphatic carbocycles. The Balaban J connectivity index is 1.57. The third kappa shape index (κ3) is 3.45. The number of ether oxygens (including phenoxy) is 2. The zero-order valence-electron chi connectivity index (χ0n) is 15.0. The Hall–Kier alpha value is -1.65. The molecule has 0 radical (unpaired) electrons. The second-order valence-corrected chi connectivity index (χ2v) is 7.33. The van der Waals surface area contributed by atoms with E-state index in [4.69, 9.17) is 9.47 Å². The van der Waals surface area contributed by atoms with Crippen LogP contribution in [0.25, 0.3) is 0 Å². The summed E-state index contributed by atoms with van der Waals surface area (Å²) in [7, 11) is 0. The summed E-state index contributed by atoms with van der Waals surface area (Å²) in [5.74, 6) is -0.408. The highest BCUT2D eigenvalue weighted by Crippen LogP contribution is 2.33. The number of hydrogen-bond acceptors (Lipinski definition) is 5. The van der Waals surface area contributed by atoms with E-state index in [1.54, 1.807) is 0 Å². The van der Waals surface area contributed by atoms with Crippen molar-refractivity contribution < 1.29 is 27.4 Å². The number of aromatic nitrogens is 2. The number of nitrogens with zero attached hydrogens (tertiary/aromatic N) is 3. The van der Waals surface area contributed by atoms with Gasteiger partial charge in [0.2, 0.25) is 0 Å². The van der Waals surface area contributed by atoms with Crippen LogP contribution in [0.5, 0.6) is 0 Å². The van der Waals surface area contributed by atoms with E-state index in [9.17, 15) is 18.0 Å². The molecule has 4 heterocycles. The molecule has 1 aromatic heterocycles. The Morgan fingerprint density at radius 1 is 1.15 bits per heavy atom. The Morgan fingerprint density at radius 3 is 2.52 bits per heavy atom. The molecule has 4 rings (SSSR count). The molecule has 1 amide bonds. The summed E-state index contributed by atoms with van der Waals surface area (Å²) in [5, 5.41) is 2.71. The van der Waals surface area contributed by atoms with Crippen LogP contribution in [0, 0.1) is 0 Å². The number of imidazole rings is 1. The van der Waals surface area contributed by atoms with Crippen molar-refractivity contribution in [3.63, 3.8) is 0 Å². The van der Waals surface area contributed by atoms with Crippen molar-refractivity contribution in [1.82, 2.24) is 19.8 Å². The van der Waals surface area contributed by atoms with Crippen LogP contribution in [0.15, 0.2) is 0 Å². The third-order valence-corrected chi connectivity index (χ3v) is 5.56. The quantitative estimate of drug-likeness (QED) is 0.839. The molecule has 10 heteroatoms. The van der Waals surface area contributed by atoms with Crippen LogP contribution in [0.2, 0.25) is 0 Å². The molecule has 0 saturated carbocycles. The topological polar surface area (TPSA) is 68.6 Å². The highest BCUT2D eigenvalue weighted by molar-refractivity contribution is 5.94. The predicted octanol–water partition coefficient (Wildman–Crippen LogP) is 1.07. The molecule has 0 atom stereocenters. The predicted molar refractivity (Wildman–Crippen MR) is 88.4 cm³/mol. The highest BCUT2D eigenvalue weighted by Gasteiger charge is 2.44. The molecule has 27 heavy (non-hydrogen) atoms. The normalized spacial score (nSPS) is 22.8. The number of amides is 1. The van der Waals surface area contributed by atoms with Gasteiger partial charge in [0.05, 0.1) is 32.0 Å². The summed E-state index contributed by atoms with van der Waals surface area (Å²) >= 11 is 0. The first-order chi connectivity index (χ1) is 12.9. The number of rotatable bonds is 3. The van der Waals surface area contributed by atoms with Crippen molar-refractivity contribution in [2.24, 2.45) is 0 Å². The largest absolute Gasteiger partial charge is 0.435 e. The van der Waals surface area contributed by atoms with Gasteiger partial charge in [-0.15, -0.1) is 0 Å². The van der Waals surface area contributed by atoms with Gasteiger partial charge in [0.25, 0.3) is 5.91 Å². The van der Waals surface area contributed by atoms with Crippen molar-refractivity contribution >= 4 is 5.91 Å². The molecule has 0 spiro atoms. The summed E-state index contributed by atoms with van der Waals surface area (Å²) in [6, 6.07) is 0. The number of hydrogen-bond donors (Lipinski definition) is 1. The molecule has 2 saturated heterocycles. The number of fused-ring (bicyclic) bond motifs is 2. The fourth-order valence-electron chi connectivity index (χ4n) is 4.14. The lowest BCUT2D eigenvalue weighted by Crippen LogP contribution is -2.67. The molecule has 7 nitrogen and oxygen atoms in total. The Morgan fingerprint density at radius 2 is 1.85 bits per heavy atom. The van der Waals surface area contributed by atoms with Gasteiger partial charge in [-0.2, -0.15) is 13.2 Å². The summed E-state index contributed by atoms with van der Waals surface area (Å²) in [4.78, 5) is 18.7. The van der Waals surface area contributed by atoms with E-state index in [0.29, 0.717) is 45.2 Å². The minimum Gasteiger partial charge on any atom is -0.378 e. The maximum atomic E-state index is 13.5. The number of alkyl halides is 3. The summed E-state index contributed by atoms with van der Waals surface area (Å²) < 4.78 is 52.9. The molecule has 0 aromatic carbocycles.